The highest BCUT2D eigenvalue weighted by Crippen LogP contribution is 2.35. The van der Waals surface area contributed by atoms with Gasteiger partial charge in [-0.1, -0.05) is 6.07 Å². The van der Waals surface area contributed by atoms with Crippen LogP contribution in [0.5, 0.6) is 5.75 Å². The summed E-state index contributed by atoms with van der Waals surface area (Å²) in [5.74, 6) is -1.08. The van der Waals surface area contributed by atoms with Crippen molar-refractivity contribution in [3.63, 3.8) is 0 Å². The first kappa shape index (κ1) is 16.2. The lowest BCUT2D eigenvalue weighted by Gasteiger charge is -2.13. The van der Waals surface area contributed by atoms with Crippen molar-refractivity contribution in [2.75, 3.05) is 0 Å². The predicted molar refractivity (Wildman–Crippen MR) is 79.7 cm³/mol. The second-order valence-corrected chi connectivity index (χ2v) is 5.20. The summed E-state index contributed by atoms with van der Waals surface area (Å²) < 4.78 is 52.2. The normalized spacial score (nSPS) is 11.9. The lowest BCUT2D eigenvalue weighted by Crippen LogP contribution is -2.06. The van der Waals surface area contributed by atoms with Crippen LogP contribution in [0.3, 0.4) is 0 Å². The van der Waals surface area contributed by atoms with E-state index in [1.807, 2.05) is 0 Å². The van der Waals surface area contributed by atoms with E-state index in [9.17, 15) is 27.8 Å². The molecule has 3 rings (SSSR count). The number of rotatable bonds is 2. The largest absolute Gasteiger partial charge is 0.508 e. The van der Waals surface area contributed by atoms with Gasteiger partial charge in [-0.2, -0.15) is 13.2 Å². The zero-order valence-corrected chi connectivity index (χ0v) is 12.1. The highest BCUT2D eigenvalue weighted by atomic mass is 19.4. The number of nitrogens with zero attached hydrogens (tertiary/aromatic N) is 1. The molecule has 0 amide bonds. The molecule has 0 atom stereocenters. The first-order chi connectivity index (χ1) is 11.3. The summed E-state index contributed by atoms with van der Waals surface area (Å²) in [6, 6.07) is 6.48. The average Bonchev–Trinajstić information content (AvgIpc) is 2.52. The highest BCUT2D eigenvalue weighted by Gasteiger charge is 2.31. The Labute approximate surface area is 133 Å². The smallest absolute Gasteiger partial charge is 0.416 e. The molecule has 2 aromatic carbocycles. The molecule has 0 aliphatic carbocycles. The Kier molecular flexibility index (Phi) is 3.88. The minimum atomic E-state index is -4.64. The molecule has 0 aliphatic heterocycles. The first-order valence-corrected chi connectivity index (χ1v) is 6.90. The van der Waals surface area contributed by atoms with E-state index in [1.165, 1.54) is 24.4 Å². The van der Waals surface area contributed by atoms with Crippen LogP contribution in [0.1, 0.15) is 11.1 Å². The minimum Gasteiger partial charge on any atom is -0.508 e. The molecular formula is C17H11F4NO2. The Morgan fingerprint density at radius 2 is 1.75 bits per heavy atom. The topological polar surface area (TPSA) is 53.4 Å². The molecule has 0 bridgehead atoms. The molecule has 1 aromatic heterocycles. The first-order valence-electron chi connectivity index (χ1n) is 6.90. The summed E-state index contributed by atoms with van der Waals surface area (Å²) >= 11 is 0. The fourth-order valence-corrected chi connectivity index (χ4v) is 2.55. The SMILES string of the molecule is OCc1c(-c2ccc(C(F)(F)F)cc2F)cnc2cc(O)ccc12. The van der Waals surface area contributed by atoms with Crippen LogP contribution in [0.25, 0.3) is 22.0 Å². The van der Waals surface area contributed by atoms with Gasteiger partial charge < -0.3 is 10.2 Å². The van der Waals surface area contributed by atoms with E-state index in [-0.39, 0.29) is 16.9 Å². The van der Waals surface area contributed by atoms with Crippen molar-refractivity contribution in [1.29, 1.82) is 0 Å². The van der Waals surface area contributed by atoms with Crippen molar-refractivity contribution in [3.8, 4) is 16.9 Å². The van der Waals surface area contributed by atoms with Gasteiger partial charge in [0.15, 0.2) is 0 Å². The minimum absolute atomic E-state index is 0.0210. The molecule has 3 aromatic rings. The average molecular weight is 337 g/mol. The lowest BCUT2D eigenvalue weighted by atomic mass is 9.97. The van der Waals surface area contributed by atoms with Crippen molar-refractivity contribution >= 4 is 10.9 Å². The van der Waals surface area contributed by atoms with Gasteiger partial charge in [0.05, 0.1) is 17.7 Å². The van der Waals surface area contributed by atoms with Gasteiger partial charge in [0, 0.05) is 28.8 Å². The van der Waals surface area contributed by atoms with E-state index >= 15 is 0 Å². The standard InChI is InChI=1S/C17H11F4NO2/c18-15-5-9(17(19,20)21)1-3-11(15)13-7-22-16-6-10(24)2-4-12(16)14(13)8-23/h1-7,23-24H,8H2. The van der Waals surface area contributed by atoms with Gasteiger partial charge in [0.25, 0.3) is 0 Å². The molecule has 2 N–H and O–H groups in total. The monoisotopic (exact) mass is 337 g/mol. The molecule has 0 saturated heterocycles. The van der Waals surface area contributed by atoms with Crippen LogP contribution in [0.2, 0.25) is 0 Å². The summed E-state index contributed by atoms with van der Waals surface area (Å²) in [7, 11) is 0. The Hall–Kier alpha value is -2.67. The Morgan fingerprint density at radius 1 is 1.00 bits per heavy atom. The molecule has 0 spiro atoms. The maximum absolute atomic E-state index is 14.2. The summed E-state index contributed by atoms with van der Waals surface area (Å²) in [4.78, 5) is 4.08. The van der Waals surface area contributed by atoms with Crippen LogP contribution in [0.4, 0.5) is 17.6 Å². The molecule has 1 heterocycles. The van der Waals surface area contributed by atoms with Crippen LogP contribution in [-0.2, 0) is 12.8 Å². The molecule has 0 saturated carbocycles. The van der Waals surface area contributed by atoms with Crippen molar-refractivity contribution in [1.82, 2.24) is 4.98 Å². The molecule has 3 nitrogen and oxygen atoms in total. The summed E-state index contributed by atoms with van der Waals surface area (Å²) in [6.45, 7) is -0.459. The van der Waals surface area contributed by atoms with Crippen LogP contribution >= 0.6 is 0 Å². The summed E-state index contributed by atoms with van der Waals surface area (Å²) in [6.07, 6.45) is -3.38. The number of halogens is 4. The molecule has 124 valence electrons. The zero-order chi connectivity index (χ0) is 17.5. The van der Waals surface area contributed by atoms with Crippen molar-refractivity contribution < 1.29 is 27.8 Å². The third kappa shape index (κ3) is 2.78. The predicted octanol–water partition coefficient (Wildman–Crippen LogP) is 4.26. The Bertz CT molecular complexity index is 922. The second kappa shape index (κ2) is 5.76. The third-order valence-corrected chi connectivity index (χ3v) is 3.71. The third-order valence-electron chi connectivity index (χ3n) is 3.71. The molecule has 0 unspecified atom stereocenters. The molecule has 0 aliphatic rings. The van der Waals surface area contributed by atoms with Crippen molar-refractivity contribution in [2.45, 2.75) is 12.8 Å². The van der Waals surface area contributed by atoms with Gasteiger partial charge >= 0.3 is 6.18 Å². The van der Waals surface area contributed by atoms with E-state index in [1.54, 1.807) is 0 Å². The number of aromatic nitrogens is 1. The molecule has 7 heteroatoms. The lowest BCUT2D eigenvalue weighted by molar-refractivity contribution is -0.137. The van der Waals surface area contributed by atoms with Crippen LogP contribution in [0, 0.1) is 5.82 Å². The van der Waals surface area contributed by atoms with Gasteiger partial charge in [-0.3, -0.25) is 4.98 Å². The van der Waals surface area contributed by atoms with Crippen molar-refractivity contribution in [2.24, 2.45) is 0 Å². The number of hydrogen-bond acceptors (Lipinski definition) is 3. The van der Waals surface area contributed by atoms with Gasteiger partial charge in [-0.05, 0) is 29.8 Å². The summed E-state index contributed by atoms with van der Waals surface area (Å²) in [5.41, 5.74) is -0.279. The fourth-order valence-electron chi connectivity index (χ4n) is 2.55. The van der Waals surface area contributed by atoms with E-state index in [2.05, 4.69) is 4.98 Å². The summed E-state index contributed by atoms with van der Waals surface area (Å²) in [5, 5.41) is 19.6. The number of hydrogen-bond donors (Lipinski definition) is 2. The van der Waals surface area contributed by atoms with E-state index in [0.29, 0.717) is 22.5 Å². The number of pyridine rings is 1. The van der Waals surface area contributed by atoms with Crippen LogP contribution in [0.15, 0.2) is 42.6 Å². The quantitative estimate of drug-likeness (QED) is 0.687. The number of benzene rings is 2. The fraction of sp³-hybridized carbons (Fsp3) is 0.118. The van der Waals surface area contributed by atoms with Crippen LogP contribution in [-0.4, -0.2) is 15.2 Å². The molecule has 24 heavy (non-hydrogen) atoms. The Balaban J connectivity index is 2.21. The highest BCUT2D eigenvalue weighted by molar-refractivity contribution is 5.89. The van der Waals surface area contributed by atoms with Gasteiger partial charge in [0.1, 0.15) is 11.6 Å². The number of aromatic hydroxyl groups is 1. The second-order valence-electron chi connectivity index (χ2n) is 5.20. The van der Waals surface area contributed by atoms with E-state index in [0.717, 1.165) is 12.1 Å². The number of aliphatic hydroxyl groups is 1. The van der Waals surface area contributed by atoms with E-state index < -0.39 is 24.2 Å². The zero-order valence-electron chi connectivity index (χ0n) is 12.1. The number of fused-ring (bicyclic) bond motifs is 1. The maximum atomic E-state index is 14.2. The molecule has 0 radical (unpaired) electrons. The van der Waals surface area contributed by atoms with Gasteiger partial charge in [-0.15, -0.1) is 0 Å². The van der Waals surface area contributed by atoms with Gasteiger partial charge in [-0.25, -0.2) is 4.39 Å². The molecular weight excluding hydrogens is 326 g/mol. The van der Waals surface area contributed by atoms with E-state index in [4.69, 9.17) is 0 Å². The van der Waals surface area contributed by atoms with Crippen LogP contribution < -0.4 is 0 Å². The number of phenols is 1. The maximum Gasteiger partial charge on any atom is 0.416 e. The number of phenolic OH excluding ortho intramolecular Hbond substituents is 1. The van der Waals surface area contributed by atoms with Crippen molar-refractivity contribution in [3.05, 3.63) is 59.5 Å². The van der Waals surface area contributed by atoms with Gasteiger partial charge in [0.2, 0.25) is 0 Å². The Morgan fingerprint density at radius 3 is 2.38 bits per heavy atom. The number of alkyl halides is 3. The number of aliphatic hydroxyl groups excluding tert-OH is 1. The molecule has 0 fully saturated rings.